The number of carbonyl (C=O) groups excluding carboxylic acids is 1. The highest BCUT2D eigenvalue weighted by atomic mass is 16.2. The summed E-state index contributed by atoms with van der Waals surface area (Å²) in [4.78, 5) is 29.9. The van der Waals surface area contributed by atoms with E-state index in [1.165, 1.54) is 10.2 Å². The molecule has 1 saturated heterocycles. The lowest BCUT2D eigenvalue weighted by molar-refractivity contribution is -0.135. The molecule has 0 N–H and O–H groups in total. The molecular formula is C19H25N5O2. The molecule has 0 bridgehead atoms. The van der Waals surface area contributed by atoms with Crippen molar-refractivity contribution in [3.63, 3.8) is 0 Å². The van der Waals surface area contributed by atoms with Gasteiger partial charge in [0.25, 0.3) is 0 Å². The first-order valence-corrected chi connectivity index (χ1v) is 9.24. The van der Waals surface area contributed by atoms with Gasteiger partial charge in [0.15, 0.2) is 0 Å². The van der Waals surface area contributed by atoms with Crippen molar-refractivity contribution in [3.8, 4) is 0 Å². The van der Waals surface area contributed by atoms with Gasteiger partial charge in [-0.15, -0.1) is 0 Å². The van der Waals surface area contributed by atoms with Crippen LogP contribution >= 0.6 is 0 Å². The molecule has 4 rings (SSSR count). The predicted molar refractivity (Wildman–Crippen MR) is 98.0 cm³/mol. The van der Waals surface area contributed by atoms with E-state index in [0.717, 1.165) is 31.5 Å². The van der Waals surface area contributed by atoms with Crippen LogP contribution in [0.3, 0.4) is 0 Å². The lowest BCUT2D eigenvalue weighted by Gasteiger charge is -2.31. The van der Waals surface area contributed by atoms with Gasteiger partial charge in [0.1, 0.15) is 11.9 Å². The normalized spacial score (nSPS) is 20.4. The smallest absolute Gasteiger partial charge is 0.341 e. The first-order chi connectivity index (χ1) is 12.5. The fraction of sp³-hybridized carbons (Fsp3) is 0.526. The summed E-state index contributed by atoms with van der Waals surface area (Å²) in [5.41, 5.74) is 2.03. The highest BCUT2D eigenvalue weighted by Gasteiger charge is 2.35. The van der Waals surface area contributed by atoms with Gasteiger partial charge < -0.3 is 4.90 Å². The van der Waals surface area contributed by atoms with Crippen LogP contribution in [0.5, 0.6) is 0 Å². The van der Waals surface area contributed by atoms with Crippen molar-refractivity contribution in [1.29, 1.82) is 0 Å². The second-order valence-electron chi connectivity index (χ2n) is 7.46. The number of hydrogen-bond donors (Lipinski definition) is 0. The van der Waals surface area contributed by atoms with Crippen molar-refractivity contribution >= 4 is 5.91 Å². The molecule has 0 aliphatic carbocycles. The highest BCUT2D eigenvalue weighted by Crippen LogP contribution is 2.21. The largest absolute Gasteiger partial charge is 0.347 e. The van der Waals surface area contributed by atoms with Gasteiger partial charge in [-0.3, -0.25) is 14.3 Å². The van der Waals surface area contributed by atoms with Crippen LogP contribution in [0.25, 0.3) is 0 Å². The van der Waals surface area contributed by atoms with Crippen LogP contribution in [0.2, 0.25) is 0 Å². The maximum absolute atomic E-state index is 13.0. The van der Waals surface area contributed by atoms with Crippen molar-refractivity contribution in [2.24, 2.45) is 0 Å². The molecule has 1 aromatic carbocycles. The van der Waals surface area contributed by atoms with E-state index in [1.54, 1.807) is 4.57 Å². The zero-order chi connectivity index (χ0) is 18.3. The van der Waals surface area contributed by atoms with Gasteiger partial charge in [-0.25, -0.2) is 9.48 Å². The minimum Gasteiger partial charge on any atom is -0.341 e. The predicted octanol–water partition coefficient (Wildman–Crippen LogP) is 1.01. The molecule has 0 spiro atoms. The summed E-state index contributed by atoms with van der Waals surface area (Å²) in [7, 11) is 1.97. The average molecular weight is 355 g/mol. The van der Waals surface area contributed by atoms with E-state index in [4.69, 9.17) is 0 Å². The summed E-state index contributed by atoms with van der Waals surface area (Å²) >= 11 is 0. The number of benzene rings is 1. The second-order valence-corrected chi connectivity index (χ2v) is 7.46. The van der Waals surface area contributed by atoms with Crippen LogP contribution < -0.4 is 5.69 Å². The Kier molecular flexibility index (Phi) is 4.40. The standard InChI is InChI=1S/C19H25N5O2/c1-14-5-7-15(8-6-14)11-23-19(26)24-16(12-21(2)13-17(24)20-23)18(25)22-9-3-4-10-22/h5-8,16H,3-4,9-13H2,1-2H3. The quantitative estimate of drug-likeness (QED) is 0.824. The van der Waals surface area contributed by atoms with Crippen molar-refractivity contribution in [1.82, 2.24) is 24.1 Å². The van der Waals surface area contributed by atoms with Gasteiger partial charge in [-0.05, 0) is 32.4 Å². The van der Waals surface area contributed by atoms with Crippen LogP contribution in [0.15, 0.2) is 29.1 Å². The highest BCUT2D eigenvalue weighted by molar-refractivity contribution is 5.81. The van der Waals surface area contributed by atoms with Gasteiger partial charge in [0.05, 0.1) is 13.1 Å². The number of likely N-dealkylation sites (N-methyl/N-ethyl adjacent to an activating group) is 1. The summed E-state index contributed by atoms with van der Waals surface area (Å²) in [6, 6.07) is 7.62. The summed E-state index contributed by atoms with van der Waals surface area (Å²) in [6.07, 6.45) is 2.09. The Labute approximate surface area is 152 Å². The Morgan fingerprint density at radius 3 is 2.58 bits per heavy atom. The number of carbonyl (C=O) groups is 1. The van der Waals surface area contributed by atoms with Crippen LogP contribution in [0.4, 0.5) is 0 Å². The van der Waals surface area contributed by atoms with E-state index >= 15 is 0 Å². The molecule has 1 fully saturated rings. The number of aryl methyl sites for hydroxylation is 1. The zero-order valence-electron chi connectivity index (χ0n) is 15.4. The number of aromatic nitrogens is 3. The lowest BCUT2D eigenvalue weighted by atomic mass is 10.1. The Hall–Kier alpha value is -2.41. The molecule has 26 heavy (non-hydrogen) atoms. The monoisotopic (exact) mass is 355 g/mol. The average Bonchev–Trinajstić information content (AvgIpc) is 3.25. The number of fused-ring (bicyclic) bond motifs is 1. The maximum atomic E-state index is 13.0. The van der Waals surface area contributed by atoms with E-state index in [9.17, 15) is 9.59 Å². The number of likely N-dealkylation sites (tertiary alicyclic amines) is 1. The van der Waals surface area contributed by atoms with Crippen LogP contribution in [-0.2, 0) is 17.9 Å². The number of rotatable bonds is 3. The molecule has 1 atom stereocenters. The first-order valence-electron chi connectivity index (χ1n) is 9.24. The van der Waals surface area contributed by atoms with Crippen molar-refractivity contribution in [2.45, 2.75) is 38.9 Å². The molecule has 2 aliphatic heterocycles. The molecule has 138 valence electrons. The summed E-state index contributed by atoms with van der Waals surface area (Å²) in [5.74, 6) is 0.723. The molecule has 3 heterocycles. The summed E-state index contributed by atoms with van der Waals surface area (Å²) in [5, 5.41) is 4.53. The van der Waals surface area contributed by atoms with Crippen molar-refractivity contribution < 1.29 is 4.79 Å². The molecule has 0 saturated carbocycles. The molecule has 2 aromatic rings. The van der Waals surface area contributed by atoms with Crippen molar-refractivity contribution in [3.05, 3.63) is 51.7 Å². The molecule has 0 radical (unpaired) electrons. The zero-order valence-corrected chi connectivity index (χ0v) is 15.4. The minimum absolute atomic E-state index is 0.0484. The fourth-order valence-corrected chi connectivity index (χ4v) is 3.88. The van der Waals surface area contributed by atoms with Gasteiger partial charge in [0, 0.05) is 19.6 Å². The van der Waals surface area contributed by atoms with E-state index < -0.39 is 6.04 Å². The Morgan fingerprint density at radius 2 is 1.88 bits per heavy atom. The van der Waals surface area contributed by atoms with Gasteiger partial charge in [-0.1, -0.05) is 29.8 Å². The third-order valence-corrected chi connectivity index (χ3v) is 5.30. The van der Waals surface area contributed by atoms with Crippen molar-refractivity contribution in [2.75, 3.05) is 26.7 Å². The van der Waals surface area contributed by atoms with Gasteiger partial charge in [0.2, 0.25) is 5.91 Å². The van der Waals surface area contributed by atoms with E-state index in [2.05, 4.69) is 10.00 Å². The van der Waals surface area contributed by atoms with Gasteiger partial charge in [-0.2, -0.15) is 5.10 Å². The molecular weight excluding hydrogens is 330 g/mol. The second kappa shape index (κ2) is 6.72. The Morgan fingerprint density at radius 1 is 1.19 bits per heavy atom. The SMILES string of the molecule is Cc1ccc(Cn2nc3n(c2=O)C(C(=O)N2CCCC2)CN(C)C3)cc1. The number of hydrogen-bond acceptors (Lipinski definition) is 4. The van der Waals surface area contributed by atoms with E-state index in [-0.39, 0.29) is 11.6 Å². The maximum Gasteiger partial charge on any atom is 0.347 e. The van der Waals surface area contributed by atoms with E-state index in [1.807, 2.05) is 43.1 Å². The number of amides is 1. The first kappa shape index (κ1) is 17.0. The summed E-state index contributed by atoms with van der Waals surface area (Å²) in [6.45, 7) is 5.18. The van der Waals surface area contributed by atoms with Crippen LogP contribution in [-0.4, -0.2) is 56.7 Å². The van der Waals surface area contributed by atoms with E-state index in [0.29, 0.717) is 25.5 Å². The van der Waals surface area contributed by atoms with Gasteiger partial charge >= 0.3 is 5.69 Å². The van der Waals surface area contributed by atoms with Crippen LogP contribution in [0.1, 0.15) is 35.8 Å². The Balaban J connectivity index is 1.66. The van der Waals surface area contributed by atoms with Crippen LogP contribution in [0, 0.1) is 6.92 Å². The fourth-order valence-electron chi connectivity index (χ4n) is 3.88. The molecule has 7 heteroatoms. The third-order valence-electron chi connectivity index (χ3n) is 5.30. The summed E-state index contributed by atoms with van der Waals surface area (Å²) < 4.78 is 3.11. The molecule has 2 aliphatic rings. The minimum atomic E-state index is -0.471. The number of nitrogens with zero attached hydrogens (tertiary/aromatic N) is 5. The Bertz CT molecular complexity index is 861. The topological polar surface area (TPSA) is 63.4 Å². The molecule has 1 unspecified atom stereocenters. The molecule has 1 aromatic heterocycles. The molecule has 1 amide bonds. The lowest BCUT2D eigenvalue weighted by Crippen LogP contribution is -2.47. The molecule has 7 nitrogen and oxygen atoms in total. The third kappa shape index (κ3) is 3.07.